The Balaban J connectivity index is 0.00000189. The summed E-state index contributed by atoms with van der Waals surface area (Å²) in [5, 5.41) is 0. The number of methoxy groups -OCH3 is 2. The van der Waals surface area contributed by atoms with E-state index in [1.54, 1.807) is 19.2 Å². The second kappa shape index (κ2) is 124. The molecule has 2 aromatic rings. The van der Waals surface area contributed by atoms with Gasteiger partial charge in [-0.05, 0) is 97.9 Å². The molecule has 0 saturated carbocycles. The summed E-state index contributed by atoms with van der Waals surface area (Å²) in [4.78, 5) is 0.0808. The predicted molar refractivity (Wildman–Crippen MR) is 1630 cm³/mol. The zero-order valence-corrected chi connectivity index (χ0v) is 294. The summed E-state index contributed by atoms with van der Waals surface area (Å²) in [6, 6.07) is 9.88. The molecule has 0 radical (unpaired) electrons. The van der Waals surface area contributed by atoms with E-state index in [-0.39, 0.29) is 4.90 Å². The first-order valence-electron chi connectivity index (χ1n) is 25.2. The van der Waals surface area contributed by atoms with Gasteiger partial charge in [0.25, 0.3) is 9.05 Å². The molecule has 137 heavy (non-hydrogen) atoms. The van der Waals surface area contributed by atoms with Crippen LogP contribution in [0, 0.1) is 0 Å². The molecule has 0 heterocycles. The first kappa shape index (κ1) is 211. The van der Waals surface area contributed by atoms with Gasteiger partial charge in [0.2, 0.25) is 0 Å². The molecule has 2 aromatic carbocycles. The molecule has 0 saturated heterocycles. The summed E-state index contributed by atoms with van der Waals surface area (Å²) in [5.41, 5.74) is 5.25. The van der Waals surface area contributed by atoms with Gasteiger partial charge in [0.15, 0.2) is 0 Å². The van der Waals surface area contributed by atoms with Crippen molar-refractivity contribution in [3.63, 3.8) is 0 Å². The molecule has 0 spiro atoms. The average molecular weight is 14300 g/mol. The molecule has 0 N–H and O–H groups in total. The molecule has 0 unspecified atom stereocenters. The van der Waals surface area contributed by atoms with Gasteiger partial charge in [-0.25, -0.2) is 8.42 Å². The van der Waals surface area contributed by atoms with Crippen LogP contribution < -0.4 is 22.7 Å². The van der Waals surface area contributed by atoms with E-state index in [9.17, 15) is 8.42 Å². The van der Waals surface area contributed by atoms with Gasteiger partial charge in [0.05, 0.1) is 14.2 Å². The molecule has 0 aromatic heterocycles. The third-order valence-electron chi connectivity index (χ3n) is 9.73. The summed E-state index contributed by atoms with van der Waals surface area (Å²) < 4.78 is 33.0. The Labute approximate surface area is 1540 Å². The molecule has 4 rings (SSSR count). The predicted octanol–water partition coefficient (Wildman–Crippen LogP) is 97.7. The van der Waals surface area contributed by atoms with Gasteiger partial charge < -0.3 is 9.47 Å². The van der Waals surface area contributed by atoms with Crippen molar-refractivity contribution >= 4 is 1460 Å². The summed E-state index contributed by atoms with van der Waals surface area (Å²) >= 11 is 188. The van der Waals surface area contributed by atoms with Crippen molar-refractivity contribution in [2.45, 2.75) is 56.3 Å². The van der Waals surface area contributed by atoms with Crippen LogP contribution in [-0.4, -0.2) is 22.6 Å². The number of hydrogen-bond donors (Lipinski definition) is 0. The van der Waals surface area contributed by atoms with E-state index in [1.807, 2.05) is 0 Å². The normalized spacial score (nSPS) is 18.4. The van der Waals surface area contributed by atoms with Crippen molar-refractivity contribution in [2.75, 3.05) is 14.2 Å². The van der Waals surface area contributed by atoms with Crippen LogP contribution in [0.4, 0.5) is 0 Å². The van der Waals surface area contributed by atoms with Crippen molar-refractivity contribution in [1.29, 1.82) is 0 Å². The minimum atomic E-state index is -3.73. The standard InChI is InChI=1S/C11H13ClO3S.C11H14O.I109/c1-15-10-6-8-4-2-3-5-9(8)7-11(10)16(12,13)14;1-12-11-7-6-9-4-2-3-5-10(9)8-11;1-56-58(4)60(6)62(8)64(10)66(12)68(14)70(16)72(18)74(20)76(22)78(24)80(26)82(28)84(30)86(32)88(34)90(36)92(38)94(40)96(42)98(44)100(46)102(48)104(50)106(52)108(54)109(55)107(53)105(51)103(49)101(47)99(45)97(43)95(41)93(39)91(37)89(35)87(33)85(31)83(29)81(27)79(25)77(23)75(21)73(19)71(17)69(15)67(13)65(11)63(9)61(7)59(5)57(2)3/h6-7H,2-5H2,1H3;6-8H,2-5H2,1H3;/q;;-1. The maximum atomic E-state index is 11.4. The number of fused-ring (bicyclic) bond motifs is 2. The van der Waals surface area contributed by atoms with Gasteiger partial charge >= 0.3 is 1460 Å². The summed E-state index contributed by atoms with van der Waals surface area (Å²) in [7, 11) is -27.9. The van der Waals surface area contributed by atoms with Crippen molar-refractivity contribution in [1.82, 2.24) is 0 Å². The van der Waals surface area contributed by atoms with Crippen molar-refractivity contribution < 1.29 is 31.1 Å². The summed E-state index contributed by atoms with van der Waals surface area (Å²) in [6.07, 6.45) is 9.29. The monoisotopic (exact) mass is 14300 g/mol. The maximum absolute atomic E-state index is 11.4. The number of halogens is 110. The molecule has 0 bridgehead atoms. The van der Waals surface area contributed by atoms with Gasteiger partial charge in [-0.3, -0.25) is 0 Å². The molecule has 115 heteroatoms. The third-order valence-corrected chi connectivity index (χ3v) is 8690. The van der Waals surface area contributed by atoms with Crippen LogP contribution >= 0.6 is 1450 Å². The number of ether oxygens (including phenoxy) is 2. The molecule has 2 aliphatic rings. The zero-order chi connectivity index (χ0) is 106. The number of aryl methyl sites for hydroxylation is 4. The number of rotatable bonds is 56. The third kappa shape index (κ3) is 82.6. The van der Waals surface area contributed by atoms with E-state index in [0.717, 1.165) is 37.0 Å². The molecular formula is C22H27ClI109O4S-. The number of benzene rings is 2. The second-order valence-corrected chi connectivity index (χ2v) is 2620. The Morgan fingerprint density at radius 2 is 0.372 bits per heavy atom. The van der Waals surface area contributed by atoms with Crippen molar-refractivity contribution in [3.05, 3.63) is 52.6 Å². The zero-order valence-electron chi connectivity index (χ0n) is 57.7. The van der Waals surface area contributed by atoms with Gasteiger partial charge in [-0.1, -0.05) is 6.07 Å². The van der Waals surface area contributed by atoms with E-state index in [0.29, 0.717) is 19.0 Å². The molecule has 0 aliphatic heterocycles. The van der Waals surface area contributed by atoms with E-state index in [4.69, 9.17) is 20.2 Å². The average Bonchev–Trinajstić information content (AvgIpc) is 0.786. The van der Waals surface area contributed by atoms with Gasteiger partial charge in [-0.2, -0.15) is 0 Å². The van der Waals surface area contributed by atoms with Crippen molar-refractivity contribution in [3.8, 4) is 11.5 Å². The molecule has 4 nitrogen and oxygen atoms in total. The minimum absolute atomic E-state index is 0.0808. The van der Waals surface area contributed by atoms with Crippen LogP contribution in [0.15, 0.2) is 35.2 Å². The molecular weight excluding hydrogens is 14200 g/mol. The fourth-order valence-electron chi connectivity index (χ4n) is 5.52. The second-order valence-electron chi connectivity index (χ2n) is 15.9. The Bertz CT molecular complexity index is 3780. The Morgan fingerprint density at radius 3 is 0.526 bits per heavy atom. The Morgan fingerprint density at radius 1 is 0.219 bits per heavy atom. The van der Waals surface area contributed by atoms with E-state index in [1.165, 1.54) is 49.5 Å². The number of hydrogen-bond acceptors (Lipinski definition) is 4. The molecule has 0 amide bonds. The van der Waals surface area contributed by atoms with Crippen LogP contribution in [0.25, 0.3) is 0 Å². The Kier molecular flexibility index (Phi) is 190. The molecule has 0 fully saturated rings. The molecule has 916 valence electrons. The fourth-order valence-corrected chi connectivity index (χ4v) is 21600. The van der Waals surface area contributed by atoms with E-state index < -0.39 is 427 Å². The fraction of sp³-hybridized carbons (Fsp3) is 0.455. The summed E-state index contributed by atoms with van der Waals surface area (Å²) in [5.74, 6) is 1.34. The first-order chi connectivity index (χ1) is 63.0. The van der Waals surface area contributed by atoms with E-state index >= 15 is 0 Å². The summed E-state index contributed by atoms with van der Waals surface area (Å²) in [6.45, 7) is 0. The molecule has 0 atom stereocenters. The van der Waals surface area contributed by atoms with Crippen LogP contribution in [0.3, 0.4) is 0 Å². The topological polar surface area (TPSA) is 52.6 Å². The quantitative estimate of drug-likeness (QED) is 0.0489. The van der Waals surface area contributed by atoms with Crippen LogP contribution in [0.2, 0.25) is 0 Å². The van der Waals surface area contributed by atoms with Gasteiger partial charge in [0, 0.05) is 10.7 Å². The van der Waals surface area contributed by atoms with Gasteiger partial charge in [0.1, 0.15) is 16.4 Å². The van der Waals surface area contributed by atoms with Crippen LogP contribution in [-0.2, 0) is 34.7 Å². The van der Waals surface area contributed by atoms with Crippen LogP contribution in [0.5, 0.6) is 11.5 Å². The van der Waals surface area contributed by atoms with Crippen LogP contribution in [0.1, 0.15) is 47.9 Å². The Hall–Kier alpha value is 77.8. The SMILES string of the molecule is COc1cc2c(cc1S(=O)(=O)Cl)CCCC2.COc1ccc2c(c1)CCCC2.I[I-]I(I)I(I)I(I)I(I)I(I)I(I)I(I)I(I)I(I)I(I)I(I)I(I)I(I)I(I)I(I)I(I)I(I)I(I)I(I)I(I)I(I)I(I)I(I)I(I)I(I)I(I)I(I)I(I)I(I)I(I)I(I)I(I)I(I)I(I)I(I)I(I)I(I)I(I)I(I)I(I)I(I)I(I)I(I)I(I)I(I)I(I)I(I)I(I)I(I)I(I)I(I)I(I)I(I)I. The molecule has 2 aliphatic carbocycles. The van der Waals surface area contributed by atoms with Gasteiger partial charge in [-0.15, -0.1) is 0 Å². The first-order valence-corrected chi connectivity index (χ1v) is 706. The van der Waals surface area contributed by atoms with E-state index in [2.05, 4.69) is 1040 Å². The van der Waals surface area contributed by atoms with Crippen molar-refractivity contribution in [2.24, 2.45) is 0 Å².